The lowest BCUT2D eigenvalue weighted by atomic mass is 9.53. The Morgan fingerprint density at radius 1 is 0.404 bits per heavy atom. The van der Waals surface area contributed by atoms with E-state index >= 15 is 0 Å². The topological polar surface area (TPSA) is 24.7 Å². The quantitative estimate of drug-likeness (QED) is 0.122. The Bertz CT molecular complexity index is 2090. The zero-order valence-corrected chi connectivity index (χ0v) is 31.0. The van der Waals surface area contributed by atoms with Crippen molar-refractivity contribution >= 4 is 34.0 Å². The lowest BCUT2D eigenvalue weighted by Crippen LogP contribution is -2.56. The van der Waals surface area contributed by atoms with Gasteiger partial charge in [0.15, 0.2) is 0 Å². The predicted molar refractivity (Wildman–Crippen MR) is 221 cm³/mol. The van der Waals surface area contributed by atoms with Gasteiger partial charge in [-0.15, -0.1) is 0 Å². The van der Waals surface area contributed by atoms with Crippen molar-refractivity contribution in [3.05, 3.63) is 213 Å². The van der Waals surface area contributed by atoms with Gasteiger partial charge in [-0.25, -0.2) is 0 Å². The summed E-state index contributed by atoms with van der Waals surface area (Å²) in [5.41, 5.74) is 13.3. The van der Waals surface area contributed by atoms with Crippen LogP contribution in [-0.4, -0.2) is 35.0 Å². The highest BCUT2D eigenvalue weighted by atomic mass is 33.1. The molecule has 0 fully saturated rings. The summed E-state index contributed by atoms with van der Waals surface area (Å²) in [5.74, 6) is 0.485. The van der Waals surface area contributed by atoms with Gasteiger partial charge < -0.3 is 0 Å². The Morgan fingerprint density at radius 3 is 1.02 bits per heavy atom. The van der Waals surface area contributed by atoms with Crippen molar-refractivity contribution in [2.75, 3.05) is 0 Å². The van der Waals surface area contributed by atoms with E-state index in [0.29, 0.717) is 0 Å². The van der Waals surface area contributed by atoms with E-state index in [1.54, 1.807) is 0 Å². The average Bonchev–Trinajstić information content (AvgIpc) is 3.20. The summed E-state index contributed by atoms with van der Waals surface area (Å²) < 4.78 is 0. The Morgan fingerprint density at radius 2 is 0.692 bits per heavy atom. The van der Waals surface area contributed by atoms with Gasteiger partial charge in [0.05, 0.1) is 12.1 Å². The first kappa shape index (κ1) is 32.0. The largest absolute Gasteiger partial charge is 0.287 e. The Balaban J connectivity index is 1.11. The maximum atomic E-state index is 5.59. The predicted octanol–water partition coefficient (Wildman–Crippen LogP) is 11.0. The maximum Gasteiger partial charge on any atom is 0.0770 e. The van der Waals surface area contributed by atoms with Crippen LogP contribution in [-0.2, 0) is 10.8 Å². The highest BCUT2D eigenvalue weighted by Gasteiger charge is 2.60. The molecular formula is C48H40N2S2. The summed E-state index contributed by atoms with van der Waals surface area (Å²) in [6.07, 6.45) is 4.26. The van der Waals surface area contributed by atoms with Gasteiger partial charge in [-0.3, -0.25) is 9.98 Å². The molecule has 0 saturated heterocycles. The van der Waals surface area contributed by atoms with E-state index in [9.17, 15) is 0 Å². The highest BCUT2D eigenvalue weighted by molar-refractivity contribution is 8.77. The molecule has 6 aliphatic carbocycles. The molecule has 4 heteroatoms. The number of nitrogens with zero attached hydrogens (tertiary/aromatic N) is 2. The minimum atomic E-state index is -0.257. The molecule has 0 radical (unpaired) electrons. The van der Waals surface area contributed by atoms with Crippen molar-refractivity contribution in [1.82, 2.24) is 0 Å². The van der Waals surface area contributed by atoms with Crippen LogP contribution in [0.1, 0.15) is 81.3 Å². The lowest BCUT2D eigenvalue weighted by Gasteiger charge is -2.57. The van der Waals surface area contributed by atoms with E-state index in [1.807, 2.05) is 0 Å². The van der Waals surface area contributed by atoms with E-state index < -0.39 is 0 Å². The summed E-state index contributed by atoms with van der Waals surface area (Å²) in [6, 6.07) is 58.1. The third kappa shape index (κ3) is 4.66. The van der Waals surface area contributed by atoms with Crippen LogP contribution < -0.4 is 0 Å². The van der Waals surface area contributed by atoms with Crippen LogP contribution in [0.5, 0.6) is 0 Å². The fourth-order valence-corrected chi connectivity index (χ4v) is 14.2. The fraction of sp³-hybridized carbons (Fsp3) is 0.208. The van der Waals surface area contributed by atoms with Gasteiger partial charge in [-0.05, 0) is 69.5 Å². The Labute approximate surface area is 315 Å². The molecule has 0 spiro atoms. The molecule has 12 rings (SSSR count). The number of aliphatic imine (C=N–C) groups is 2. The number of hydrogen-bond acceptors (Lipinski definition) is 4. The molecule has 6 aromatic carbocycles. The summed E-state index contributed by atoms with van der Waals surface area (Å²) in [5, 5.41) is 0.467. The summed E-state index contributed by atoms with van der Waals surface area (Å²) in [7, 11) is 4.16. The number of hydrogen-bond donors (Lipinski definition) is 0. The SMILES string of the molecule is CC12c3ccccc3C(c3ccccc31)[C@H](SS[C@H]1C3c4ccccc4C(C)(c4ccccc43)[C@H]1N=Cc1ccccc1)[C@@H]2N=Cc1ccccc1. The van der Waals surface area contributed by atoms with Gasteiger partial charge in [0.25, 0.3) is 0 Å². The van der Waals surface area contributed by atoms with E-state index in [4.69, 9.17) is 9.98 Å². The molecule has 0 saturated carbocycles. The van der Waals surface area contributed by atoms with E-state index in [0.717, 1.165) is 11.1 Å². The first-order valence-corrected chi connectivity index (χ1v) is 20.7. The normalized spacial score (nSPS) is 29.1. The standard InChI is InChI=1S/C48H40N2S2/c1-47-37-25-13-9-21-33(37)41(34-22-10-14-26-38(34)47)43(45(47)49-29-31-17-5-3-6-18-31)51-52-44-42-35-23-11-15-27-39(35)48(2,40-28-16-12-24-36(40)42)46(44)50-30-32-19-7-4-8-20-32/h3-30,41-46H,1-2H3/t41?,42?,43-,44-,45-,46-,47?,48?/m0/s1. The zero-order chi connectivity index (χ0) is 34.9. The minimum Gasteiger partial charge on any atom is -0.287 e. The minimum absolute atomic E-state index is 0.0576. The summed E-state index contributed by atoms with van der Waals surface area (Å²) in [4.78, 5) is 11.2. The van der Waals surface area contributed by atoms with Crippen molar-refractivity contribution in [3.8, 4) is 0 Å². The van der Waals surface area contributed by atoms with E-state index in [1.165, 1.54) is 44.5 Å². The number of rotatable bonds is 7. The second-order valence-electron chi connectivity index (χ2n) is 15.1. The molecule has 0 heterocycles. The van der Waals surface area contributed by atoms with Gasteiger partial charge in [0.2, 0.25) is 0 Å². The van der Waals surface area contributed by atoms with Gasteiger partial charge in [0, 0.05) is 45.6 Å². The molecule has 6 aliphatic rings. The average molecular weight is 709 g/mol. The van der Waals surface area contributed by atoms with E-state index in [2.05, 4.69) is 206 Å². The molecule has 4 bridgehead atoms. The third-order valence-corrected chi connectivity index (χ3v) is 15.8. The molecule has 6 aromatic rings. The van der Waals surface area contributed by atoms with Gasteiger partial charge >= 0.3 is 0 Å². The first-order valence-electron chi connectivity index (χ1n) is 18.4. The number of benzene rings is 6. The number of fused-ring (bicyclic) bond motifs is 2. The van der Waals surface area contributed by atoms with Crippen LogP contribution in [0.3, 0.4) is 0 Å². The molecule has 0 N–H and O–H groups in total. The van der Waals surface area contributed by atoms with Crippen LogP contribution >= 0.6 is 21.6 Å². The highest BCUT2D eigenvalue weighted by Crippen LogP contribution is 2.65. The molecule has 0 aliphatic heterocycles. The van der Waals surface area contributed by atoms with Crippen LogP contribution in [0.25, 0.3) is 0 Å². The molecule has 4 atom stereocenters. The third-order valence-electron chi connectivity index (χ3n) is 12.5. The fourth-order valence-electron chi connectivity index (χ4n) is 10.2. The summed E-state index contributed by atoms with van der Waals surface area (Å²) >= 11 is 0. The van der Waals surface area contributed by atoms with Crippen molar-refractivity contribution < 1.29 is 0 Å². The van der Waals surface area contributed by atoms with Crippen molar-refractivity contribution in [3.63, 3.8) is 0 Å². The molecule has 52 heavy (non-hydrogen) atoms. The Kier molecular flexibility index (Phi) is 7.70. The van der Waals surface area contributed by atoms with Crippen LogP contribution in [0, 0.1) is 0 Å². The molecule has 0 amide bonds. The van der Waals surface area contributed by atoms with Crippen LogP contribution in [0.15, 0.2) is 168 Å². The first-order chi connectivity index (χ1) is 25.6. The van der Waals surface area contributed by atoms with Gasteiger partial charge in [-0.1, -0.05) is 179 Å². The van der Waals surface area contributed by atoms with Crippen LogP contribution in [0.2, 0.25) is 0 Å². The van der Waals surface area contributed by atoms with Crippen molar-refractivity contribution in [2.45, 2.75) is 59.1 Å². The molecule has 2 nitrogen and oxygen atoms in total. The molecule has 0 unspecified atom stereocenters. The van der Waals surface area contributed by atoms with Gasteiger partial charge in [0.1, 0.15) is 0 Å². The maximum absolute atomic E-state index is 5.59. The van der Waals surface area contributed by atoms with Crippen LogP contribution in [0.4, 0.5) is 0 Å². The monoisotopic (exact) mass is 708 g/mol. The van der Waals surface area contributed by atoms with Gasteiger partial charge in [-0.2, -0.15) is 0 Å². The second kappa shape index (κ2) is 12.5. The summed E-state index contributed by atoms with van der Waals surface area (Å²) in [6.45, 7) is 4.91. The van der Waals surface area contributed by atoms with E-state index in [-0.39, 0.29) is 45.2 Å². The Hall–Kier alpha value is -4.64. The van der Waals surface area contributed by atoms with Crippen molar-refractivity contribution in [2.24, 2.45) is 9.98 Å². The molecule has 254 valence electrons. The zero-order valence-electron chi connectivity index (χ0n) is 29.3. The lowest BCUT2D eigenvalue weighted by molar-refractivity contribution is 0.352. The molecule has 0 aromatic heterocycles. The molecular weight excluding hydrogens is 669 g/mol. The second-order valence-corrected chi connectivity index (χ2v) is 17.7. The van der Waals surface area contributed by atoms with Crippen molar-refractivity contribution in [1.29, 1.82) is 0 Å². The smallest absolute Gasteiger partial charge is 0.0770 e.